The Morgan fingerprint density at radius 1 is 1.05 bits per heavy atom. The predicted octanol–water partition coefficient (Wildman–Crippen LogP) is 2.91. The molecule has 3 unspecified atom stereocenters. The highest BCUT2D eigenvalue weighted by Gasteiger charge is 2.38. The zero-order chi connectivity index (χ0) is 31.1. The number of carboxylic acids is 1. The summed E-state index contributed by atoms with van der Waals surface area (Å²) in [4.78, 5) is 18.6. The first-order valence-corrected chi connectivity index (χ1v) is 15.0. The van der Waals surface area contributed by atoms with E-state index in [2.05, 4.69) is 10.3 Å². The van der Waals surface area contributed by atoms with Gasteiger partial charge in [0, 0.05) is 11.4 Å². The van der Waals surface area contributed by atoms with Crippen LogP contribution in [0, 0.1) is 17.8 Å². The van der Waals surface area contributed by atoms with E-state index in [1.54, 1.807) is 23.9 Å². The molecule has 1 aromatic heterocycles. The van der Waals surface area contributed by atoms with Crippen LogP contribution in [0.3, 0.4) is 0 Å². The molecule has 1 rings (SSSR count). The average molecular weight is 591 g/mol. The lowest BCUT2D eigenvalue weighted by molar-refractivity contribution is -0.253. The fraction of sp³-hybridized carbons (Fsp3) is 0.857. The molecule has 40 heavy (non-hydrogen) atoms. The third-order valence-electron chi connectivity index (χ3n) is 7.43. The molecule has 0 aliphatic heterocycles. The van der Waals surface area contributed by atoms with E-state index in [9.17, 15) is 30.3 Å². The van der Waals surface area contributed by atoms with Crippen molar-refractivity contribution in [1.29, 1.82) is 0 Å². The maximum Gasteiger partial charge on any atom is 0.355 e. The van der Waals surface area contributed by atoms with Crippen LogP contribution in [-0.4, -0.2) is 103 Å². The Balaban J connectivity index is 3.16. The minimum absolute atomic E-state index is 0.0317. The summed E-state index contributed by atoms with van der Waals surface area (Å²) >= 11 is 1.09. The number of aromatic carboxylic acids is 1. The van der Waals surface area contributed by atoms with E-state index < -0.39 is 48.6 Å². The number of aliphatic hydroxyl groups excluding tert-OH is 4. The SMILES string of the molecule is CC[C@H](C)[C@H](NC(O)[C@H](C(C)C)N(C)C(O)OC(C)(C)C)C(O)N(C)[C@H](C[C@@H](O)c1nc(C(=O)O)cs1)C(C)C. The molecule has 0 aliphatic carbocycles. The molecule has 234 valence electrons. The number of hydrogen-bond donors (Lipinski definition) is 6. The van der Waals surface area contributed by atoms with Crippen molar-refractivity contribution in [2.24, 2.45) is 17.8 Å². The zero-order valence-corrected chi connectivity index (χ0v) is 26.9. The number of aromatic nitrogens is 1. The number of likely N-dealkylation sites (N-methyl/N-ethyl adjacent to an activating group) is 2. The van der Waals surface area contributed by atoms with Gasteiger partial charge in [-0.3, -0.25) is 15.1 Å². The van der Waals surface area contributed by atoms with Crippen LogP contribution < -0.4 is 5.32 Å². The van der Waals surface area contributed by atoms with Crippen molar-refractivity contribution in [3.8, 4) is 0 Å². The van der Waals surface area contributed by atoms with Crippen molar-refractivity contribution in [3.05, 3.63) is 16.1 Å². The second-order valence-corrected chi connectivity index (χ2v) is 13.4. The predicted molar refractivity (Wildman–Crippen MR) is 157 cm³/mol. The molecule has 0 saturated heterocycles. The summed E-state index contributed by atoms with van der Waals surface area (Å²) in [7, 11) is 3.47. The van der Waals surface area contributed by atoms with Crippen LogP contribution in [0.15, 0.2) is 5.38 Å². The first-order valence-electron chi connectivity index (χ1n) is 14.1. The lowest BCUT2D eigenvalue weighted by Gasteiger charge is -2.44. The van der Waals surface area contributed by atoms with Crippen molar-refractivity contribution in [1.82, 2.24) is 20.1 Å². The molecule has 8 atom stereocenters. The van der Waals surface area contributed by atoms with Crippen molar-refractivity contribution >= 4 is 17.3 Å². The van der Waals surface area contributed by atoms with E-state index in [0.29, 0.717) is 5.01 Å². The van der Waals surface area contributed by atoms with Gasteiger partial charge in [0.05, 0.1) is 17.7 Å². The Kier molecular flexibility index (Phi) is 14.6. The summed E-state index contributed by atoms with van der Waals surface area (Å²) in [6, 6.07) is -1.35. The van der Waals surface area contributed by atoms with Crippen LogP contribution >= 0.6 is 11.3 Å². The van der Waals surface area contributed by atoms with Gasteiger partial charge in [-0.1, -0.05) is 48.0 Å². The average Bonchev–Trinajstić information content (AvgIpc) is 3.34. The third-order valence-corrected chi connectivity index (χ3v) is 8.37. The van der Waals surface area contributed by atoms with E-state index >= 15 is 0 Å². The van der Waals surface area contributed by atoms with Crippen molar-refractivity contribution < 1.29 is 35.1 Å². The maximum atomic E-state index is 11.6. The van der Waals surface area contributed by atoms with E-state index in [1.165, 1.54) is 5.38 Å². The molecule has 0 radical (unpaired) electrons. The molecule has 0 saturated carbocycles. The number of carboxylic acid groups (broad SMARTS) is 1. The lowest BCUT2D eigenvalue weighted by Crippen LogP contribution is -2.63. The van der Waals surface area contributed by atoms with E-state index in [4.69, 9.17) is 4.74 Å². The molecule has 1 heterocycles. The first kappa shape index (κ1) is 36.8. The minimum atomic E-state index is -1.24. The summed E-state index contributed by atoms with van der Waals surface area (Å²) in [5.41, 5.74) is -0.693. The molecule has 12 heteroatoms. The summed E-state index contributed by atoms with van der Waals surface area (Å²) in [6.45, 7) is 17.4. The van der Waals surface area contributed by atoms with Gasteiger partial charge in [0.2, 0.25) is 6.41 Å². The molecule has 0 aliphatic rings. The number of carbonyl (C=O) groups is 1. The fourth-order valence-corrected chi connectivity index (χ4v) is 5.72. The van der Waals surface area contributed by atoms with E-state index in [1.807, 2.05) is 62.3 Å². The van der Waals surface area contributed by atoms with Crippen molar-refractivity contribution in [2.45, 2.75) is 124 Å². The summed E-state index contributed by atoms with van der Waals surface area (Å²) in [5, 5.41) is 58.7. The van der Waals surface area contributed by atoms with Crippen molar-refractivity contribution in [2.75, 3.05) is 14.1 Å². The summed E-state index contributed by atoms with van der Waals surface area (Å²) < 4.78 is 5.71. The van der Waals surface area contributed by atoms with Crippen LogP contribution in [-0.2, 0) is 4.74 Å². The molecule has 0 fully saturated rings. The molecule has 0 spiro atoms. The van der Waals surface area contributed by atoms with E-state index in [-0.39, 0.29) is 35.9 Å². The number of aliphatic hydroxyl groups is 4. The fourth-order valence-electron chi connectivity index (χ4n) is 4.92. The van der Waals surface area contributed by atoms with Gasteiger partial charge < -0.3 is 30.3 Å². The third kappa shape index (κ3) is 10.6. The van der Waals surface area contributed by atoms with Gasteiger partial charge in [0.1, 0.15) is 23.6 Å². The topological polar surface area (TPSA) is 159 Å². The zero-order valence-electron chi connectivity index (χ0n) is 26.1. The second-order valence-electron chi connectivity index (χ2n) is 12.5. The summed E-state index contributed by atoms with van der Waals surface area (Å²) in [6.07, 6.45) is -3.38. The van der Waals surface area contributed by atoms with Gasteiger partial charge >= 0.3 is 5.97 Å². The Labute approximate surface area is 244 Å². The number of ether oxygens (including phenoxy) is 1. The number of rotatable bonds is 17. The van der Waals surface area contributed by atoms with Crippen LogP contribution in [0.1, 0.15) is 96.8 Å². The molecule has 0 aromatic carbocycles. The van der Waals surface area contributed by atoms with Gasteiger partial charge in [-0.15, -0.1) is 11.3 Å². The molecular formula is C28H54N4O7S. The Bertz CT molecular complexity index is 894. The van der Waals surface area contributed by atoms with Crippen LogP contribution in [0.5, 0.6) is 0 Å². The molecule has 11 nitrogen and oxygen atoms in total. The second kappa shape index (κ2) is 15.9. The number of nitrogens with zero attached hydrogens (tertiary/aromatic N) is 3. The highest BCUT2D eigenvalue weighted by Crippen LogP contribution is 2.29. The minimum Gasteiger partial charge on any atom is -0.476 e. The normalized spacial score (nSPS) is 19.1. The van der Waals surface area contributed by atoms with Crippen LogP contribution in [0.25, 0.3) is 0 Å². The molecule has 1 aromatic rings. The van der Waals surface area contributed by atoms with Gasteiger partial charge in [0.25, 0.3) is 0 Å². The Morgan fingerprint density at radius 2 is 1.62 bits per heavy atom. The number of hydrogen-bond acceptors (Lipinski definition) is 11. The molecule has 6 N–H and O–H groups in total. The van der Waals surface area contributed by atoms with Gasteiger partial charge in [-0.05, 0) is 59.0 Å². The van der Waals surface area contributed by atoms with E-state index in [0.717, 1.165) is 17.8 Å². The Morgan fingerprint density at radius 3 is 2.05 bits per heavy atom. The summed E-state index contributed by atoms with van der Waals surface area (Å²) in [5.74, 6) is -1.21. The quantitative estimate of drug-likeness (QED) is 0.148. The molecule has 0 bridgehead atoms. The lowest BCUT2D eigenvalue weighted by atomic mass is 9.91. The Hall–Kier alpha value is -1.22. The van der Waals surface area contributed by atoms with Gasteiger partial charge in [-0.2, -0.15) is 0 Å². The van der Waals surface area contributed by atoms with Crippen LogP contribution in [0.2, 0.25) is 0 Å². The maximum absolute atomic E-state index is 11.6. The van der Waals surface area contributed by atoms with Crippen molar-refractivity contribution in [3.63, 3.8) is 0 Å². The highest BCUT2D eigenvalue weighted by molar-refractivity contribution is 7.09. The largest absolute Gasteiger partial charge is 0.476 e. The number of nitrogens with one attached hydrogen (secondary N) is 1. The molecular weight excluding hydrogens is 536 g/mol. The first-order chi connectivity index (χ1) is 18.3. The monoisotopic (exact) mass is 590 g/mol. The standard InChI is InChI=1S/C28H54N4O7S/c1-12-17(6)21(30-23(34)22(16(4)5)32(11)27(38)39-28(7,8)9)25(35)31(10)19(15(2)3)13-20(33)24-29-18(14-40-24)26(36)37/h14-17,19-23,25,27,30,33-35,38H,12-13H2,1-11H3,(H,36,37)/t17-,19+,20+,21-,22-,23?,25?,27?/m0/s1. The highest BCUT2D eigenvalue weighted by atomic mass is 32.1. The van der Waals surface area contributed by atoms with Gasteiger partial charge in [0.15, 0.2) is 5.69 Å². The van der Waals surface area contributed by atoms with Crippen LogP contribution in [0.4, 0.5) is 0 Å². The van der Waals surface area contributed by atoms with Gasteiger partial charge in [-0.25, -0.2) is 9.78 Å². The number of thiazole rings is 1. The molecule has 0 amide bonds. The smallest absolute Gasteiger partial charge is 0.355 e.